The molecule has 1 aliphatic carbocycles. The van der Waals surface area contributed by atoms with E-state index in [9.17, 15) is 8.42 Å². The third-order valence-electron chi connectivity index (χ3n) is 7.70. The Hall–Kier alpha value is -4.09. The lowest BCUT2D eigenvalue weighted by Crippen LogP contribution is -2.32. The molecule has 0 N–H and O–H groups in total. The van der Waals surface area contributed by atoms with E-state index >= 15 is 0 Å². The van der Waals surface area contributed by atoms with Crippen molar-refractivity contribution in [2.45, 2.75) is 26.3 Å². The summed E-state index contributed by atoms with van der Waals surface area (Å²) < 4.78 is 37.7. The Kier molecular flexibility index (Phi) is 9.22. The van der Waals surface area contributed by atoms with Gasteiger partial charge < -0.3 is 14.1 Å². The molecule has 0 radical (unpaired) electrons. The van der Waals surface area contributed by atoms with Gasteiger partial charge in [-0.1, -0.05) is 67.6 Å². The van der Waals surface area contributed by atoms with Gasteiger partial charge in [-0.15, -0.1) is 10.2 Å². The molecule has 0 aliphatic heterocycles. The second kappa shape index (κ2) is 13.0. The molecule has 11 heteroatoms. The zero-order chi connectivity index (χ0) is 30.6. The fourth-order valence-corrected chi connectivity index (χ4v) is 5.27. The molecule has 226 valence electrons. The summed E-state index contributed by atoms with van der Waals surface area (Å²) in [5, 5.41) is 8.68. The van der Waals surface area contributed by atoms with Crippen molar-refractivity contribution in [2.75, 3.05) is 49.3 Å². The first-order valence-corrected chi connectivity index (χ1v) is 16.2. The molecular weight excluding hydrogens is 564 g/mol. The fraction of sp³-hybridized carbons (Fsp3) is 0.375. The minimum atomic E-state index is -3.56. The van der Waals surface area contributed by atoms with Crippen LogP contribution in [0.25, 0.3) is 11.5 Å². The second-order valence-electron chi connectivity index (χ2n) is 11.0. The van der Waals surface area contributed by atoms with Gasteiger partial charge in [-0.05, 0) is 37.3 Å². The molecule has 43 heavy (non-hydrogen) atoms. The highest BCUT2D eigenvalue weighted by Crippen LogP contribution is 2.39. The largest absolute Gasteiger partial charge is 0.418 e. The maximum atomic E-state index is 12.5. The van der Waals surface area contributed by atoms with Gasteiger partial charge in [0.05, 0.1) is 18.6 Å². The lowest BCUT2D eigenvalue weighted by molar-refractivity contribution is 0.204. The molecule has 1 saturated carbocycles. The summed E-state index contributed by atoms with van der Waals surface area (Å²) >= 11 is 0. The lowest BCUT2D eigenvalue weighted by Gasteiger charge is -2.26. The Labute approximate surface area is 253 Å². The summed E-state index contributed by atoms with van der Waals surface area (Å²) in [4.78, 5) is 11.9. The molecule has 1 fully saturated rings. The van der Waals surface area contributed by atoms with E-state index < -0.39 is 16.1 Å². The van der Waals surface area contributed by atoms with Gasteiger partial charge >= 0.3 is 0 Å². The summed E-state index contributed by atoms with van der Waals surface area (Å²) in [6, 6.07) is 23.0. The van der Waals surface area contributed by atoms with Gasteiger partial charge in [0.1, 0.15) is 17.7 Å². The molecule has 0 bridgehead atoms. The number of pyridine rings is 1. The topological polar surface area (TPSA) is 114 Å². The van der Waals surface area contributed by atoms with Crippen molar-refractivity contribution in [3.8, 4) is 11.5 Å². The molecular formula is C32H38N6O4S. The molecule has 5 rings (SSSR count). The van der Waals surface area contributed by atoms with E-state index in [4.69, 9.17) is 19.1 Å². The van der Waals surface area contributed by atoms with Crippen molar-refractivity contribution in [3.05, 3.63) is 89.8 Å². The monoisotopic (exact) mass is 602 g/mol. The van der Waals surface area contributed by atoms with E-state index in [-0.39, 0.29) is 11.7 Å². The number of rotatable bonds is 13. The van der Waals surface area contributed by atoms with E-state index in [0.717, 1.165) is 40.4 Å². The van der Waals surface area contributed by atoms with Crippen molar-refractivity contribution in [1.29, 1.82) is 0 Å². The smallest absolute Gasteiger partial charge is 0.248 e. The van der Waals surface area contributed by atoms with Crippen molar-refractivity contribution >= 4 is 27.4 Å². The average molecular weight is 603 g/mol. The number of nitrogens with zero attached hydrogens (tertiary/aromatic N) is 6. The number of anilines is 2. The van der Waals surface area contributed by atoms with Gasteiger partial charge in [-0.2, -0.15) is 0 Å². The van der Waals surface area contributed by atoms with Gasteiger partial charge in [0.2, 0.25) is 21.8 Å². The second-order valence-corrected chi connectivity index (χ2v) is 13.1. The number of methoxy groups -OCH3 is 1. The van der Waals surface area contributed by atoms with Gasteiger partial charge in [0.15, 0.2) is 0 Å². The summed E-state index contributed by atoms with van der Waals surface area (Å²) in [5.74, 6) is 2.69. The van der Waals surface area contributed by atoms with Crippen LogP contribution in [0, 0.1) is 11.8 Å². The predicted octanol–water partition coefficient (Wildman–Crippen LogP) is 5.23. The number of hydrogen-bond acceptors (Lipinski definition) is 9. The van der Waals surface area contributed by atoms with Crippen LogP contribution >= 0.6 is 0 Å². The normalized spacial score (nSPS) is 16.9. The third-order valence-corrected chi connectivity index (χ3v) is 8.88. The zero-order valence-corrected chi connectivity index (χ0v) is 26.0. The minimum Gasteiger partial charge on any atom is -0.418 e. The molecule has 0 amide bonds. The maximum absolute atomic E-state index is 12.5. The average Bonchev–Trinajstić information content (AvgIpc) is 3.48. The molecule has 0 spiro atoms. The molecule has 4 aromatic rings. The van der Waals surface area contributed by atoms with Crippen LogP contribution in [-0.2, 0) is 14.8 Å². The number of sulfonamides is 1. The highest BCUT2D eigenvalue weighted by molar-refractivity contribution is 7.92. The Morgan fingerprint density at radius 3 is 2.21 bits per heavy atom. The van der Waals surface area contributed by atoms with Crippen molar-refractivity contribution < 1.29 is 17.6 Å². The Bertz CT molecular complexity index is 1620. The molecule has 10 nitrogen and oxygen atoms in total. The van der Waals surface area contributed by atoms with Crippen LogP contribution in [0.3, 0.4) is 0 Å². The van der Waals surface area contributed by atoms with Crippen LogP contribution in [-0.4, -0.2) is 69.4 Å². The van der Waals surface area contributed by atoms with Crippen LogP contribution in [0.15, 0.2) is 82.2 Å². The Balaban J connectivity index is 1.52. The van der Waals surface area contributed by atoms with Crippen LogP contribution in [0.5, 0.6) is 0 Å². The summed E-state index contributed by atoms with van der Waals surface area (Å²) in [6.07, 6.45) is 2.30. The van der Waals surface area contributed by atoms with Gasteiger partial charge in [0, 0.05) is 43.9 Å². The molecule has 0 saturated heterocycles. The van der Waals surface area contributed by atoms with Crippen molar-refractivity contribution in [1.82, 2.24) is 15.2 Å². The number of hydrogen-bond donors (Lipinski definition) is 0. The van der Waals surface area contributed by atoms with Gasteiger partial charge in [-0.3, -0.25) is 9.30 Å². The van der Waals surface area contributed by atoms with Crippen LogP contribution in [0.1, 0.15) is 43.3 Å². The standard InChI is InChI=1S/C32H38N6O4S/c1-22-18-27(22)21-38(16-17-41-4)29-20-26(19-28(34-29)37(3)43(5,39)40)32-36-35-31(42-32)23(2)33-30(24-12-8-6-9-13-24)25-14-10-7-11-15-25/h6-15,19-20,22-23,27H,16-18,21H2,1-5H3/t22-,23?,27+/m0/s1. The quantitative estimate of drug-likeness (QED) is 0.191. The summed E-state index contributed by atoms with van der Waals surface area (Å²) in [5.41, 5.74) is 3.35. The van der Waals surface area contributed by atoms with E-state index in [1.54, 1.807) is 13.2 Å². The SMILES string of the molecule is COCCN(C[C@H]1C[C@@H]1C)c1cc(-c2nnc(C(C)N=C(c3ccccc3)c3ccccc3)o2)cc(N(C)S(C)(=O)=O)n1. The Morgan fingerprint density at radius 1 is 1.05 bits per heavy atom. The van der Waals surface area contributed by atoms with E-state index in [1.165, 1.54) is 7.05 Å². The van der Waals surface area contributed by atoms with Crippen LogP contribution in [0.4, 0.5) is 11.6 Å². The van der Waals surface area contributed by atoms with E-state index in [1.807, 2.05) is 73.7 Å². The summed E-state index contributed by atoms with van der Waals surface area (Å²) in [6.45, 7) is 6.06. The zero-order valence-electron chi connectivity index (χ0n) is 25.2. The number of benzene rings is 2. The van der Waals surface area contributed by atoms with Crippen molar-refractivity contribution in [2.24, 2.45) is 16.8 Å². The summed E-state index contributed by atoms with van der Waals surface area (Å²) in [7, 11) is -0.418. The third kappa shape index (κ3) is 7.47. The molecule has 2 aromatic heterocycles. The van der Waals surface area contributed by atoms with Gasteiger partial charge in [0.25, 0.3) is 0 Å². The van der Waals surface area contributed by atoms with Crippen molar-refractivity contribution in [3.63, 3.8) is 0 Å². The first-order chi connectivity index (χ1) is 20.6. The van der Waals surface area contributed by atoms with Crippen LogP contribution < -0.4 is 9.21 Å². The highest BCUT2D eigenvalue weighted by atomic mass is 32.2. The first kappa shape index (κ1) is 30.4. The fourth-order valence-electron chi connectivity index (χ4n) is 4.83. The molecule has 1 unspecified atom stereocenters. The van der Waals surface area contributed by atoms with E-state index in [2.05, 4.69) is 22.0 Å². The minimum absolute atomic E-state index is 0.260. The predicted molar refractivity (Wildman–Crippen MR) is 169 cm³/mol. The Morgan fingerprint density at radius 2 is 1.65 bits per heavy atom. The molecule has 3 atom stereocenters. The molecule has 2 heterocycles. The molecule has 2 aromatic carbocycles. The van der Waals surface area contributed by atoms with Gasteiger partial charge in [-0.25, -0.2) is 13.4 Å². The highest BCUT2D eigenvalue weighted by Gasteiger charge is 2.34. The number of aliphatic imine (C=N–C) groups is 1. The first-order valence-electron chi connectivity index (χ1n) is 14.4. The number of aromatic nitrogens is 3. The van der Waals surface area contributed by atoms with Crippen LogP contribution in [0.2, 0.25) is 0 Å². The molecule has 1 aliphatic rings. The number of ether oxygens (including phenoxy) is 1. The van der Waals surface area contributed by atoms with E-state index in [0.29, 0.717) is 42.3 Å². The lowest BCUT2D eigenvalue weighted by atomic mass is 10.0. The maximum Gasteiger partial charge on any atom is 0.248 e.